The smallest absolute Gasteiger partial charge is 0.255 e. The molecule has 15 heteroatoms. The number of nitrogens with one attached hydrogen (secondary N) is 5. The number of ether oxygens (including phenoxy) is 3. The zero-order valence-electron chi connectivity index (χ0n) is 23.9. The summed E-state index contributed by atoms with van der Waals surface area (Å²) in [6, 6.07) is 13.0. The van der Waals surface area contributed by atoms with Crippen LogP contribution in [0.5, 0.6) is 17.2 Å². The lowest BCUT2D eigenvalue weighted by atomic mass is 10.1. The molecule has 0 atom stereocenters. The van der Waals surface area contributed by atoms with Gasteiger partial charge in [0.15, 0.2) is 0 Å². The van der Waals surface area contributed by atoms with Crippen molar-refractivity contribution in [3.63, 3.8) is 0 Å². The van der Waals surface area contributed by atoms with Crippen LogP contribution in [0.3, 0.4) is 0 Å². The molecule has 0 aliphatic carbocycles. The summed E-state index contributed by atoms with van der Waals surface area (Å²) in [5, 5.41) is 12.5. The molecule has 3 rings (SSSR count). The van der Waals surface area contributed by atoms with Gasteiger partial charge in [-0.25, -0.2) is 0 Å². The minimum Gasteiger partial charge on any atom is -0.496 e. The third-order valence-electron chi connectivity index (χ3n) is 5.97. The second kappa shape index (κ2) is 15.2. The van der Waals surface area contributed by atoms with Gasteiger partial charge in [0.1, 0.15) is 17.2 Å². The zero-order chi connectivity index (χ0) is 32.2. The Balaban J connectivity index is 1.61. The summed E-state index contributed by atoms with van der Waals surface area (Å²) in [5.74, 6) is -2.60. The van der Waals surface area contributed by atoms with Gasteiger partial charge in [0.2, 0.25) is 18.2 Å². The summed E-state index contributed by atoms with van der Waals surface area (Å²) in [4.78, 5) is 72.9. The molecule has 3 aromatic carbocycles. The molecule has 0 saturated heterocycles. The molecule has 0 saturated carbocycles. The second-order valence-corrected chi connectivity index (χ2v) is 8.83. The summed E-state index contributed by atoms with van der Waals surface area (Å²) in [6.45, 7) is -0.862. The van der Waals surface area contributed by atoms with Crippen LogP contribution in [0.4, 0.5) is 17.1 Å². The van der Waals surface area contributed by atoms with Gasteiger partial charge in [-0.15, -0.1) is 0 Å². The summed E-state index contributed by atoms with van der Waals surface area (Å²) >= 11 is 0. The molecule has 44 heavy (non-hydrogen) atoms. The molecular formula is C29H30N6O9. The van der Waals surface area contributed by atoms with E-state index in [1.165, 1.54) is 69.9 Å². The Labute approximate surface area is 251 Å². The van der Waals surface area contributed by atoms with E-state index in [2.05, 4.69) is 26.6 Å². The number of carbonyl (C=O) groups is 6. The van der Waals surface area contributed by atoms with E-state index in [1.54, 1.807) is 6.07 Å². The number of hydrogen-bond donors (Lipinski definition) is 6. The summed E-state index contributed by atoms with van der Waals surface area (Å²) in [5.41, 5.74) is 6.36. The number of amides is 6. The topological polar surface area (TPSA) is 216 Å². The van der Waals surface area contributed by atoms with Crippen LogP contribution in [0.25, 0.3) is 0 Å². The normalized spacial score (nSPS) is 10.1. The van der Waals surface area contributed by atoms with Gasteiger partial charge in [-0.1, -0.05) is 0 Å². The number of methoxy groups -OCH3 is 3. The highest BCUT2D eigenvalue weighted by Crippen LogP contribution is 2.24. The number of hydrogen-bond acceptors (Lipinski definition) is 9. The molecule has 0 bridgehead atoms. The second-order valence-electron chi connectivity index (χ2n) is 8.83. The van der Waals surface area contributed by atoms with Crippen molar-refractivity contribution in [1.82, 2.24) is 10.6 Å². The summed E-state index contributed by atoms with van der Waals surface area (Å²) in [6.07, 6.45) is 0.458. The van der Waals surface area contributed by atoms with Crippen LogP contribution < -0.4 is 46.5 Å². The Bertz CT molecular complexity index is 1590. The van der Waals surface area contributed by atoms with E-state index in [4.69, 9.17) is 19.9 Å². The van der Waals surface area contributed by atoms with Crippen LogP contribution in [-0.4, -0.2) is 70.4 Å². The monoisotopic (exact) mass is 606 g/mol. The average Bonchev–Trinajstić information content (AvgIpc) is 3.02. The molecule has 15 nitrogen and oxygen atoms in total. The largest absolute Gasteiger partial charge is 0.496 e. The van der Waals surface area contributed by atoms with Gasteiger partial charge < -0.3 is 46.5 Å². The summed E-state index contributed by atoms with van der Waals surface area (Å²) in [7, 11) is 4.09. The van der Waals surface area contributed by atoms with E-state index in [1.807, 2.05) is 0 Å². The van der Waals surface area contributed by atoms with E-state index in [9.17, 15) is 28.8 Å². The van der Waals surface area contributed by atoms with Crippen molar-refractivity contribution in [2.24, 2.45) is 5.73 Å². The Hall–Kier alpha value is -6.12. The minimum atomic E-state index is -0.744. The van der Waals surface area contributed by atoms with Crippen LogP contribution in [0.2, 0.25) is 0 Å². The lowest BCUT2D eigenvalue weighted by molar-refractivity contribution is -0.116. The molecule has 3 aromatic rings. The van der Waals surface area contributed by atoms with Crippen molar-refractivity contribution in [2.45, 2.75) is 0 Å². The molecule has 0 unspecified atom stereocenters. The average molecular weight is 607 g/mol. The van der Waals surface area contributed by atoms with E-state index < -0.39 is 42.6 Å². The fraction of sp³-hybridized carbons (Fsp3) is 0.172. The maximum absolute atomic E-state index is 12.9. The lowest BCUT2D eigenvalue weighted by Gasteiger charge is -2.13. The number of anilines is 3. The van der Waals surface area contributed by atoms with Crippen LogP contribution in [0.15, 0.2) is 54.6 Å². The van der Waals surface area contributed by atoms with Crippen LogP contribution >= 0.6 is 0 Å². The van der Waals surface area contributed by atoms with Crippen molar-refractivity contribution in [3.8, 4) is 17.2 Å². The first-order chi connectivity index (χ1) is 21.1. The van der Waals surface area contributed by atoms with Crippen LogP contribution in [0.1, 0.15) is 31.1 Å². The number of carbonyl (C=O) groups excluding carboxylic acids is 6. The van der Waals surface area contributed by atoms with Crippen molar-refractivity contribution < 1.29 is 43.0 Å². The van der Waals surface area contributed by atoms with Gasteiger partial charge in [-0.2, -0.15) is 0 Å². The van der Waals surface area contributed by atoms with Gasteiger partial charge in [-0.05, 0) is 54.6 Å². The maximum atomic E-state index is 12.9. The standard InChI is InChI=1S/C29H30N6O9/c1-42-22-8-5-17(11-19(22)27(30)39)34-25(37)13-32-29(41)21-12-18(6-9-24(21)44-3)35-26(38)14-31-28(40)20-10-16(33-15-36)4-7-23(20)43-2/h4-12,15H,13-14H2,1-3H3,(H2,30,39)(H,31,40)(H,32,41)(H,33,36)(H,34,37)(H,35,38). The van der Waals surface area contributed by atoms with E-state index in [-0.39, 0.29) is 45.3 Å². The first-order valence-electron chi connectivity index (χ1n) is 12.8. The zero-order valence-corrected chi connectivity index (χ0v) is 23.9. The molecule has 230 valence electrons. The molecular weight excluding hydrogens is 576 g/mol. The molecule has 7 N–H and O–H groups in total. The maximum Gasteiger partial charge on any atom is 0.255 e. The Morgan fingerprint density at radius 3 is 1.43 bits per heavy atom. The van der Waals surface area contributed by atoms with Crippen LogP contribution in [0, 0.1) is 0 Å². The third kappa shape index (κ3) is 8.45. The SMILES string of the molecule is COc1ccc(NC(=O)CNC(=O)c2cc(NC(=O)CNC(=O)c3cc(NC=O)ccc3OC)ccc2OC)cc1C(N)=O. The number of nitrogens with two attached hydrogens (primary N) is 1. The minimum absolute atomic E-state index is 0.0202. The Morgan fingerprint density at radius 1 is 0.636 bits per heavy atom. The number of primary amides is 1. The molecule has 0 aliphatic rings. The van der Waals surface area contributed by atoms with Crippen molar-refractivity contribution >= 4 is 53.0 Å². The van der Waals surface area contributed by atoms with E-state index in [0.717, 1.165) is 0 Å². The highest BCUT2D eigenvalue weighted by molar-refractivity contribution is 6.04. The van der Waals surface area contributed by atoms with Gasteiger partial charge in [0.25, 0.3) is 17.7 Å². The molecule has 0 aromatic heterocycles. The van der Waals surface area contributed by atoms with Crippen molar-refractivity contribution in [2.75, 3.05) is 50.4 Å². The number of benzene rings is 3. The molecule has 0 aliphatic heterocycles. The van der Waals surface area contributed by atoms with Gasteiger partial charge >= 0.3 is 0 Å². The molecule has 0 fully saturated rings. The van der Waals surface area contributed by atoms with Crippen molar-refractivity contribution in [1.29, 1.82) is 0 Å². The van der Waals surface area contributed by atoms with E-state index >= 15 is 0 Å². The van der Waals surface area contributed by atoms with Gasteiger partial charge in [0.05, 0.1) is 51.1 Å². The quantitative estimate of drug-likeness (QED) is 0.145. The molecule has 6 amide bonds. The third-order valence-corrected chi connectivity index (χ3v) is 5.97. The van der Waals surface area contributed by atoms with E-state index in [0.29, 0.717) is 12.1 Å². The van der Waals surface area contributed by atoms with Crippen molar-refractivity contribution in [3.05, 3.63) is 71.3 Å². The predicted molar refractivity (Wildman–Crippen MR) is 159 cm³/mol. The van der Waals surface area contributed by atoms with Gasteiger partial charge in [0, 0.05) is 17.1 Å². The summed E-state index contributed by atoms with van der Waals surface area (Å²) < 4.78 is 15.5. The highest BCUT2D eigenvalue weighted by Gasteiger charge is 2.18. The number of rotatable bonds is 14. The Morgan fingerprint density at radius 2 is 1.02 bits per heavy atom. The fourth-order valence-electron chi connectivity index (χ4n) is 3.91. The van der Waals surface area contributed by atoms with Crippen LogP contribution in [-0.2, 0) is 14.4 Å². The fourth-order valence-corrected chi connectivity index (χ4v) is 3.91. The van der Waals surface area contributed by atoms with Gasteiger partial charge in [-0.3, -0.25) is 28.8 Å². The Kier molecular flexibility index (Phi) is 11.2. The molecule has 0 spiro atoms. The first-order valence-corrected chi connectivity index (χ1v) is 12.8. The molecule has 0 radical (unpaired) electrons. The first kappa shape index (κ1) is 32.4. The lowest BCUT2D eigenvalue weighted by Crippen LogP contribution is -2.34. The predicted octanol–water partition coefficient (Wildman–Crippen LogP) is 1.12. The molecule has 0 heterocycles. The highest BCUT2D eigenvalue weighted by atomic mass is 16.5.